The maximum Gasteiger partial charge on any atom is 0.283 e. The monoisotopic (exact) mass is 367 g/mol. The van der Waals surface area contributed by atoms with Crippen molar-refractivity contribution in [2.45, 2.75) is 6.92 Å². The Morgan fingerprint density at radius 1 is 1.38 bits per heavy atom. The van der Waals surface area contributed by atoms with Crippen molar-refractivity contribution in [2.24, 2.45) is 0 Å². The summed E-state index contributed by atoms with van der Waals surface area (Å²) in [5, 5.41) is 13.9. The van der Waals surface area contributed by atoms with Gasteiger partial charge in [0.05, 0.1) is 31.9 Å². The summed E-state index contributed by atoms with van der Waals surface area (Å²) in [7, 11) is 1.45. The van der Waals surface area contributed by atoms with Crippen LogP contribution in [0.4, 0.5) is 11.4 Å². The van der Waals surface area contributed by atoms with Gasteiger partial charge in [0, 0.05) is 13.1 Å². The lowest BCUT2D eigenvalue weighted by Crippen LogP contribution is -2.34. The van der Waals surface area contributed by atoms with Crippen molar-refractivity contribution in [2.75, 3.05) is 18.9 Å². The first-order chi connectivity index (χ1) is 11.3. The van der Waals surface area contributed by atoms with E-state index in [1.54, 1.807) is 31.2 Å². The first-order valence-corrected chi connectivity index (χ1v) is 8.03. The zero-order chi connectivity index (χ0) is 17.9. The topological polar surface area (TPSA) is 92.6 Å². The molecular weight excluding hydrogens is 354 g/mol. The fraction of sp³-hybridized carbons (Fsp3) is 0.200. The smallest absolute Gasteiger partial charge is 0.283 e. The minimum atomic E-state index is -0.535. The molecule has 9 heteroatoms. The van der Waals surface area contributed by atoms with Crippen LogP contribution in [0.3, 0.4) is 0 Å². The molecule has 2 rings (SSSR count). The number of nitrogens with zero attached hydrogens (tertiary/aromatic N) is 2. The minimum absolute atomic E-state index is 0.0998. The zero-order valence-electron chi connectivity index (χ0n) is 12.9. The van der Waals surface area contributed by atoms with E-state index in [-0.39, 0.29) is 17.1 Å². The molecule has 24 heavy (non-hydrogen) atoms. The number of benzene rings is 1. The van der Waals surface area contributed by atoms with Crippen LogP contribution in [0.25, 0.3) is 0 Å². The summed E-state index contributed by atoms with van der Waals surface area (Å²) in [6.45, 7) is 1.37. The van der Waals surface area contributed by atoms with E-state index < -0.39 is 16.7 Å². The third-order valence-corrected chi connectivity index (χ3v) is 4.53. The third-order valence-electron chi connectivity index (χ3n) is 3.17. The molecule has 0 aliphatic heterocycles. The summed E-state index contributed by atoms with van der Waals surface area (Å²) in [6.07, 6.45) is 0. The number of rotatable bonds is 5. The quantitative estimate of drug-likeness (QED) is 0.648. The van der Waals surface area contributed by atoms with Crippen LogP contribution < -0.4 is 5.32 Å². The molecule has 0 spiro atoms. The molecule has 0 atom stereocenters. The summed E-state index contributed by atoms with van der Waals surface area (Å²) >= 11 is 6.98. The molecule has 1 heterocycles. The predicted molar refractivity (Wildman–Crippen MR) is 92.8 cm³/mol. The van der Waals surface area contributed by atoms with Crippen molar-refractivity contribution in [1.82, 2.24) is 4.90 Å². The minimum Gasteiger partial charge on any atom is -0.332 e. The van der Waals surface area contributed by atoms with Crippen molar-refractivity contribution < 1.29 is 14.5 Å². The molecule has 2 aromatic rings. The van der Waals surface area contributed by atoms with E-state index in [1.807, 2.05) is 0 Å². The van der Waals surface area contributed by atoms with Gasteiger partial charge in [0.1, 0.15) is 0 Å². The van der Waals surface area contributed by atoms with Gasteiger partial charge in [-0.15, -0.1) is 11.3 Å². The van der Waals surface area contributed by atoms with Crippen molar-refractivity contribution >= 4 is 46.1 Å². The number of aryl methyl sites for hydroxylation is 1. The Bertz CT molecular complexity index is 806. The Morgan fingerprint density at radius 3 is 2.62 bits per heavy atom. The summed E-state index contributed by atoms with van der Waals surface area (Å²) in [4.78, 5) is 36.5. The second-order valence-corrected chi connectivity index (χ2v) is 6.66. The molecule has 0 aliphatic carbocycles. The molecule has 0 saturated heterocycles. The van der Waals surface area contributed by atoms with E-state index in [9.17, 15) is 19.7 Å². The lowest BCUT2D eigenvalue weighted by Gasteiger charge is -2.16. The van der Waals surface area contributed by atoms with Crippen molar-refractivity contribution in [3.05, 3.63) is 55.2 Å². The van der Waals surface area contributed by atoms with Crippen LogP contribution in [0.5, 0.6) is 0 Å². The summed E-state index contributed by atoms with van der Waals surface area (Å²) in [5.41, 5.74) is 0.352. The maximum absolute atomic E-state index is 12.3. The van der Waals surface area contributed by atoms with Gasteiger partial charge in [0.2, 0.25) is 5.91 Å². The van der Waals surface area contributed by atoms with Crippen LogP contribution >= 0.6 is 22.9 Å². The zero-order valence-corrected chi connectivity index (χ0v) is 14.5. The molecule has 0 fully saturated rings. The second-order valence-electron chi connectivity index (χ2n) is 5.00. The summed E-state index contributed by atoms with van der Waals surface area (Å²) in [6, 6.07) is 7.97. The van der Waals surface area contributed by atoms with Gasteiger partial charge in [-0.1, -0.05) is 23.7 Å². The van der Waals surface area contributed by atoms with Crippen LogP contribution in [-0.4, -0.2) is 35.2 Å². The van der Waals surface area contributed by atoms with Gasteiger partial charge in [-0.2, -0.15) is 0 Å². The average molecular weight is 368 g/mol. The summed E-state index contributed by atoms with van der Waals surface area (Å²) < 4.78 is 0. The number of anilines is 1. The highest BCUT2D eigenvalue weighted by Crippen LogP contribution is 2.28. The number of halogens is 1. The Morgan fingerprint density at radius 2 is 2.04 bits per heavy atom. The lowest BCUT2D eigenvalue weighted by atomic mass is 10.3. The van der Waals surface area contributed by atoms with Crippen LogP contribution in [0.1, 0.15) is 14.5 Å². The lowest BCUT2D eigenvalue weighted by molar-refractivity contribution is -0.385. The van der Waals surface area contributed by atoms with E-state index in [0.29, 0.717) is 15.6 Å². The molecule has 0 unspecified atom stereocenters. The van der Waals surface area contributed by atoms with E-state index in [0.717, 1.165) is 11.3 Å². The average Bonchev–Trinajstić information content (AvgIpc) is 2.90. The molecule has 0 bridgehead atoms. The first-order valence-electron chi connectivity index (χ1n) is 6.84. The van der Waals surface area contributed by atoms with Crippen LogP contribution in [0.2, 0.25) is 5.02 Å². The molecule has 7 nitrogen and oxygen atoms in total. The molecular formula is C15H14ClN3O4S. The molecule has 0 saturated carbocycles. The largest absolute Gasteiger partial charge is 0.332 e. The number of hydrogen-bond acceptors (Lipinski definition) is 5. The Hall–Kier alpha value is -2.45. The Balaban J connectivity index is 2.03. The van der Waals surface area contributed by atoms with Gasteiger partial charge in [-0.3, -0.25) is 19.7 Å². The number of likely N-dealkylation sites (N-methyl/N-ethyl adjacent to an activating group) is 1. The van der Waals surface area contributed by atoms with Gasteiger partial charge in [-0.25, -0.2) is 0 Å². The highest BCUT2D eigenvalue weighted by Gasteiger charge is 2.23. The number of hydrogen-bond donors (Lipinski definition) is 1. The molecule has 126 valence electrons. The second kappa shape index (κ2) is 7.41. The Kier molecular flexibility index (Phi) is 5.53. The standard InChI is InChI=1S/C15H14ClN3O4S/c1-9-12(19(22)23)7-13(24-9)15(21)18(2)8-14(20)17-11-6-4-3-5-10(11)16/h3-7H,8H2,1-2H3,(H,17,20). The van der Waals surface area contributed by atoms with Crippen molar-refractivity contribution in [1.29, 1.82) is 0 Å². The van der Waals surface area contributed by atoms with E-state index >= 15 is 0 Å². The number of carbonyl (C=O) groups excluding carboxylic acids is 2. The van der Waals surface area contributed by atoms with Gasteiger partial charge in [0.25, 0.3) is 11.6 Å². The Labute approximate surface area is 147 Å². The van der Waals surface area contributed by atoms with Crippen molar-refractivity contribution in [3.63, 3.8) is 0 Å². The van der Waals surface area contributed by atoms with Crippen LogP contribution in [-0.2, 0) is 4.79 Å². The highest BCUT2D eigenvalue weighted by atomic mass is 35.5. The van der Waals surface area contributed by atoms with Crippen LogP contribution in [0, 0.1) is 17.0 Å². The normalized spacial score (nSPS) is 10.3. The number of para-hydroxylation sites is 1. The van der Waals surface area contributed by atoms with E-state index in [4.69, 9.17) is 11.6 Å². The maximum atomic E-state index is 12.3. The predicted octanol–water partition coefficient (Wildman–Crippen LogP) is 3.33. The van der Waals surface area contributed by atoms with E-state index in [1.165, 1.54) is 18.0 Å². The number of amides is 2. The first kappa shape index (κ1) is 17.9. The molecule has 1 aromatic carbocycles. The number of thiophene rings is 1. The highest BCUT2D eigenvalue weighted by molar-refractivity contribution is 7.14. The fourth-order valence-electron chi connectivity index (χ4n) is 1.99. The van der Waals surface area contributed by atoms with E-state index in [2.05, 4.69) is 5.32 Å². The van der Waals surface area contributed by atoms with Gasteiger partial charge >= 0.3 is 0 Å². The summed E-state index contributed by atoms with van der Waals surface area (Å²) in [5.74, 6) is -0.868. The molecule has 0 aliphatic rings. The van der Waals surface area contributed by atoms with Gasteiger partial charge in [0.15, 0.2) is 0 Å². The SMILES string of the molecule is Cc1sc(C(=O)N(C)CC(=O)Nc2ccccc2Cl)cc1[N+](=O)[O-]. The molecule has 1 aromatic heterocycles. The molecule has 2 amide bonds. The van der Waals surface area contributed by atoms with Gasteiger partial charge < -0.3 is 10.2 Å². The number of nitro groups is 1. The fourth-order valence-corrected chi connectivity index (χ4v) is 3.15. The molecule has 0 radical (unpaired) electrons. The third kappa shape index (κ3) is 4.09. The van der Waals surface area contributed by atoms with Crippen LogP contribution in [0.15, 0.2) is 30.3 Å². The van der Waals surface area contributed by atoms with Crippen molar-refractivity contribution in [3.8, 4) is 0 Å². The molecule has 1 N–H and O–H groups in total. The van der Waals surface area contributed by atoms with Gasteiger partial charge in [-0.05, 0) is 19.1 Å². The number of carbonyl (C=O) groups is 2. The number of nitrogens with one attached hydrogen (secondary N) is 1.